The highest BCUT2D eigenvalue weighted by Gasteiger charge is 2.33. The van der Waals surface area contributed by atoms with Crippen molar-refractivity contribution in [1.82, 2.24) is 15.1 Å². The van der Waals surface area contributed by atoms with Crippen molar-refractivity contribution < 1.29 is 9.59 Å². The van der Waals surface area contributed by atoms with Gasteiger partial charge in [-0.25, -0.2) is 0 Å². The number of aromatic nitrogens is 2. The maximum Gasteiger partial charge on any atom is 0.233 e. The minimum atomic E-state index is 0.0459. The lowest BCUT2D eigenvalue weighted by Crippen LogP contribution is -2.49. The number of thioether (sulfide) groups is 1. The Morgan fingerprint density at radius 3 is 2.11 bits per heavy atom. The first-order valence-electron chi connectivity index (χ1n) is 10.8. The molecular formula is C20H30N4O2S2. The Kier molecular flexibility index (Phi) is 6.88. The zero-order valence-corrected chi connectivity index (χ0v) is 18.0. The summed E-state index contributed by atoms with van der Waals surface area (Å²) in [5, 5.41) is 11.6. The third-order valence-electron chi connectivity index (χ3n) is 6.13. The monoisotopic (exact) mass is 422 g/mol. The quantitative estimate of drug-likeness (QED) is 0.518. The number of carbonyl (C=O) groups excluding carboxylic acids is 2. The first-order valence-corrected chi connectivity index (χ1v) is 12.6. The summed E-state index contributed by atoms with van der Waals surface area (Å²) < 4.78 is 0.756. The van der Waals surface area contributed by atoms with Gasteiger partial charge in [-0.2, -0.15) is 0 Å². The summed E-state index contributed by atoms with van der Waals surface area (Å²) in [5.74, 6) is 0.867. The normalized spacial score (nSPS) is 21.4. The summed E-state index contributed by atoms with van der Waals surface area (Å²) in [4.78, 5) is 27.3. The zero-order chi connectivity index (χ0) is 19.3. The van der Waals surface area contributed by atoms with Crippen molar-refractivity contribution in [3.8, 4) is 0 Å². The van der Waals surface area contributed by atoms with E-state index in [9.17, 15) is 9.59 Å². The molecule has 1 aromatic rings. The molecule has 2 amide bonds. The van der Waals surface area contributed by atoms with Gasteiger partial charge in [-0.3, -0.25) is 9.59 Å². The third-order valence-corrected chi connectivity index (χ3v) is 8.08. The van der Waals surface area contributed by atoms with Crippen LogP contribution in [0, 0.1) is 5.92 Å². The SMILES string of the molecule is O=C(Nc1nnc(SCC(=O)N(C2CCCCC2)C2CCCCC2)s1)C1CC1. The molecule has 1 N–H and O–H groups in total. The Morgan fingerprint density at radius 1 is 0.929 bits per heavy atom. The molecule has 4 rings (SSSR count). The predicted octanol–water partition coefficient (Wildman–Crippen LogP) is 4.47. The molecule has 3 aliphatic carbocycles. The van der Waals surface area contributed by atoms with E-state index in [2.05, 4.69) is 20.4 Å². The second-order valence-electron chi connectivity index (χ2n) is 8.31. The molecule has 3 saturated carbocycles. The molecule has 0 aliphatic heterocycles. The van der Waals surface area contributed by atoms with Gasteiger partial charge in [0.2, 0.25) is 16.9 Å². The van der Waals surface area contributed by atoms with Gasteiger partial charge >= 0.3 is 0 Å². The number of nitrogens with one attached hydrogen (secondary N) is 1. The van der Waals surface area contributed by atoms with Crippen LogP contribution in [0.2, 0.25) is 0 Å². The number of carbonyl (C=O) groups is 2. The van der Waals surface area contributed by atoms with Crippen molar-refractivity contribution in [2.75, 3.05) is 11.1 Å². The van der Waals surface area contributed by atoms with Crippen LogP contribution in [0.1, 0.15) is 77.0 Å². The van der Waals surface area contributed by atoms with E-state index in [1.165, 1.54) is 61.6 Å². The average Bonchev–Trinajstić information content (AvgIpc) is 3.49. The van der Waals surface area contributed by atoms with E-state index in [1.54, 1.807) is 0 Å². The van der Waals surface area contributed by atoms with Crippen LogP contribution in [-0.4, -0.2) is 44.7 Å². The number of rotatable bonds is 7. The summed E-state index contributed by atoms with van der Waals surface area (Å²) >= 11 is 2.83. The van der Waals surface area contributed by atoms with Crippen LogP contribution >= 0.6 is 23.1 Å². The van der Waals surface area contributed by atoms with Gasteiger partial charge < -0.3 is 10.2 Å². The van der Waals surface area contributed by atoms with Gasteiger partial charge in [-0.15, -0.1) is 10.2 Å². The first kappa shape index (κ1) is 20.1. The number of hydrogen-bond donors (Lipinski definition) is 1. The van der Waals surface area contributed by atoms with E-state index < -0.39 is 0 Å². The van der Waals surface area contributed by atoms with Gasteiger partial charge in [0.1, 0.15) is 0 Å². The fourth-order valence-electron chi connectivity index (χ4n) is 4.49. The Balaban J connectivity index is 1.34. The van der Waals surface area contributed by atoms with Gasteiger partial charge in [-0.05, 0) is 38.5 Å². The highest BCUT2D eigenvalue weighted by atomic mass is 32.2. The van der Waals surface area contributed by atoms with Crippen LogP contribution in [0.15, 0.2) is 4.34 Å². The van der Waals surface area contributed by atoms with E-state index in [0.717, 1.165) is 42.9 Å². The van der Waals surface area contributed by atoms with E-state index >= 15 is 0 Å². The number of anilines is 1. The molecule has 28 heavy (non-hydrogen) atoms. The second kappa shape index (κ2) is 9.57. The Bertz CT molecular complexity index is 662. The molecular weight excluding hydrogens is 392 g/mol. The number of amides is 2. The second-order valence-corrected chi connectivity index (χ2v) is 10.5. The smallest absolute Gasteiger partial charge is 0.233 e. The maximum atomic E-state index is 13.2. The van der Waals surface area contributed by atoms with Crippen molar-refractivity contribution >= 4 is 40.0 Å². The highest BCUT2D eigenvalue weighted by Crippen LogP contribution is 2.33. The van der Waals surface area contributed by atoms with Crippen molar-refractivity contribution in [2.45, 2.75) is 93.5 Å². The molecule has 0 radical (unpaired) electrons. The molecule has 1 aromatic heterocycles. The standard InChI is InChI=1S/C20H30N4O2S2/c25-17(13-27-20-23-22-19(28-20)21-18(26)14-11-12-14)24(15-7-3-1-4-8-15)16-9-5-2-6-10-16/h14-16H,1-13H2,(H,21,22,26). The highest BCUT2D eigenvalue weighted by molar-refractivity contribution is 8.01. The molecule has 0 aromatic carbocycles. The molecule has 0 spiro atoms. The summed E-state index contributed by atoms with van der Waals surface area (Å²) in [5.41, 5.74) is 0. The topological polar surface area (TPSA) is 75.2 Å². The third kappa shape index (κ3) is 5.26. The Morgan fingerprint density at radius 2 is 1.54 bits per heavy atom. The Hall–Kier alpha value is -1.15. The summed E-state index contributed by atoms with van der Waals surface area (Å²) in [6.45, 7) is 0. The van der Waals surface area contributed by atoms with E-state index in [4.69, 9.17) is 0 Å². The van der Waals surface area contributed by atoms with Gasteiger partial charge in [0.05, 0.1) is 5.75 Å². The van der Waals surface area contributed by atoms with E-state index in [1.807, 2.05) is 0 Å². The minimum Gasteiger partial charge on any atom is -0.336 e. The van der Waals surface area contributed by atoms with Crippen LogP contribution < -0.4 is 5.32 Å². The fourth-order valence-corrected chi connectivity index (χ4v) is 6.12. The lowest BCUT2D eigenvalue weighted by atomic mass is 9.88. The van der Waals surface area contributed by atoms with Gasteiger partial charge in [0.25, 0.3) is 0 Å². The van der Waals surface area contributed by atoms with Crippen molar-refractivity contribution in [3.05, 3.63) is 0 Å². The zero-order valence-electron chi connectivity index (χ0n) is 16.4. The summed E-state index contributed by atoms with van der Waals surface area (Å²) in [6.07, 6.45) is 14.2. The van der Waals surface area contributed by atoms with Gasteiger partial charge in [0.15, 0.2) is 4.34 Å². The summed E-state index contributed by atoms with van der Waals surface area (Å²) in [6, 6.07) is 0.848. The molecule has 6 nitrogen and oxygen atoms in total. The molecule has 1 heterocycles. The van der Waals surface area contributed by atoms with Crippen LogP contribution in [0.5, 0.6) is 0 Å². The number of hydrogen-bond acceptors (Lipinski definition) is 6. The van der Waals surface area contributed by atoms with Crippen LogP contribution in [0.4, 0.5) is 5.13 Å². The number of nitrogens with zero attached hydrogens (tertiary/aromatic N) is 3. The average molecular weight is 423 g/mol. The van der Waals surface area contributed by atoms with E-state index in [0.29, 0.717) is 23.0 Å². The predicted molar refractivity (Wildman–Crippen MR) is 113 cm³/mol. The minimum absolute atomic E-state index is 0.0459. The van der Waals surface area contributed by atoms with Crippen LogP contribution in [-0.2, 0) is 9.59 Å². The summed E-state index contributed by atoms with van der Waals surface area (Å²) in [7, 11) is 0. The fraction of sp³-hybridized carbons (Fsp3) is 0.800. The lowest BCUT2D eigenvalue weighted by molar-refractivity contribution is -0.135. The lowest BCUT2D eigenvalue weighted by Gasteiger charge is -2.41. The maximum absolute atomic E-state index is 13.2. The molecule has 8 heteroatoms. The van der Waals surface area contributed by atoms with Crippen molar-refractivity contribution in [3.63, 3.8) is 0 Å². The molecule has 3 aliphatic rings. The molecule has 0 unspecified atom stereocenters. The van der Waals surface area contributed by atoms with Gasteiger partial charge in [-0.1, -0.05) is 61.6 Å². The molecule has 0 saturated heterocycles. The molecule has 154 valence electrons. The largest absolute Gasteiger partial charge is 0.336 e. The Labute approximate surface area is 175 Å². The molecule has 3 fully saturated rings. The molecule has 0 atom stereocenters. The first-order chi connectivity index (χ1) is 13.7. The molecule has 0 bridgehead atoms. The van der Waals surface area contributed by atoms with E-state index in [-0.39, 0.29) is 17.7 Å². The van der Waals surface area contributed by atoms with Crippen molar-refractivity contribution in [2.24, 2.45) is 5.92 Å². The van der Waals surface area contributed by atoms with Crippen LogP contribution in [0.3, 0.4) is 0 Å². The van der Waals surface area contributed by atoms with Gasteiger partial charge in [0, 0.05) is 18.0 Å². The van der Waals surface area contributed by atoms with Crippen molar-refractivity contribution in [1.29, 1.82) is 0 Å². The van der Waals surface area contributed by atoms with Crippen LogP contribution in [0.25, 0.3) is 0 Å².